The van der Waals surface area contributed by atoms with Crippen LogP contribution in [0.1, 0.15) is 11.3 Å². The van der Waals surface area contributed by atoms with Crippen molar-refractivity contribution < 1.29 is 4.79 Å². The molecule has 116 valence electrons. The monoisotopic (exact) mass is 342 g/mol. The average Bonchev–Trinajstić information content (AvgIpc) is 2.98. The molecule has 3 nitrogen and oxygen atoms in total. The van der Waals surface area contributed by atoms with E-state index in [1.807, 2.05) is 17.5 Å². The number of nitrogens with zero attached hydrogens (tertiary/aromatic N) is 1. The Morgan fingerprint density at radius 2 is 2.00 bits per heavy atom. The SMILES string of the molecule is Cc1cccc(-c2nc(CC(=O)Nc3ccc(Cl)cc3)cs2)c1. The van der Waals surface area contributed by atoms with Crippen molar-refractivity contribution in [1.29, 1.82) is 0 Å². The number of halogens is 1. The fourth-order valence-electron chi connectivity index (χ4n) is 2.20. The Balaban J connectivity index is 1.66. The van der Waals surface area contributed by atoms with Gasteiger partial charge in [0.25, 0.3) is 0 Å². The van der Waals surface area contributed by atoms with Gasteiger partial charge in [-0.2, -0.15) is 0 Å². The molecule has 1 aromatic heterocycles. The molecule has 0 aliphatic rings. The standard InChI is InChI=1S/C18H15ClN2OS/c1-12-3-2-4-13(9-12)18-21-16(11-23-18)10-17(22)20-15-7-5-14(19)6-8-15/h2-9,11H,10H2,1H3,(H,20,22). The zero-order valence-corrected chi connectivity index (χ0v) is 14.1. The summed E-state index contributed by atoms with van der Waals surface area (Å²) in [5.74, 6) is -0.0894. The van der Waals surface area contributed by atoms with E-state index in [1.165, 1.54) is 5.56 Å². The van der Waals surface area contributed by atoms with Crippen LogP contribution in [-0.2, 0) is 11.2 Å². The fraction of sp³-hybridized carbons (Fsp3) is 0.111. The highest BCUT2D eigenvalue weighted by atomic mass is 35.5. The first-order valence-corrected chi connectivity index (χ1v) is 8.43. The first-order valence-electron chi connectivity index (χ1n) is 7.17. The maximum Gasteiger partial charge on any atom is 0.230 e. The Bertz CT molecular complexity index is 827. The van der Waals surface area contributed by atoms with Crippen molar-refractivity contribution in [3.63, 3.8) is 0 Å². The van der Waals surface area contributed by atoms with Gasteiger partial charge in [-0.05, 0) is 37.3 Å². The molecule has 0 aliphatic carbocycles. The maximum atomic E-state index is 12.1. The van der Waals surface area contributed by atoms with E-state index in [4.69, 9.17) is 11.6 Å². The van der Waals surface area contributed by atoms with Gasteiger partial charge in [-0.15, -0.1) is 11.3 Å². The molecule has 0 atom stereocenters. The quantitative estimate of drug-likeness (QED) is 0.728. The molecule has 1 heterocycles. The largest absolute Gasteiger partial charge is 0.326 e. The van der Waals surface area contributed by atoms with Gasteiger partial charge >= 0.3 is 0 Å². The summed E-state index contributed by atoms with van der Waals surface area (Å²) in [6, 6.07) is 15.2. The molecule has 0 saturated carbocycles. The maximum absolute atomic E-state index is 12.1. The summed E-state index contributed by atoms with van der Waals surface area (Å²) in [5, 5.41) is 6.35. The van der Waals surface area contributed by atoms with E-state index in [0.717, 1.165) is 22.0 Å². The van der Waals surface area contributed by atoms with E-state index in [0.29, 0.717) is 5.02 Å². The molecule has 0 bridgehead atoms. The second kappa shape index (κ2) is 6.94. The highest BCUT2D eigenvalue weighted by Gasteiger charge is 2.09. The molecular weight excluding hydrogens is 328 g/mol. The lowest BCUT2D eigenvalue weighted by Gasteiger charge is -2.03. The van der Waals surface area contributed by atoms with Crippen molar-refractivity contribution in [3.05, 3.63) is 70.2 Å². The van der Waals surface area contributed by atoms with Crippen molar-refractivity contribution in [2.75, 3.05) is 5.32 Å². The molecular formula is C18H15ClN2OS. The Labute approximate surface area is 144 Å². The van der Waals surface area contributed by atoms with E-state index in [9.17, 15) is 4.79 Å². The summed E-state index contributed by atoms with van der Waals surface area (Å²) in [7, 11) is 0. The molecule has 3 aromatic rings. The van der Waals surface area contributed by atoms with Crippen molar-refractivity contribution in [3.8, 4) is 10.6 Å². The molecule has 1 N–H and O–H groups in total. The highest BCUT2D eigenvalue weighted by molar-refractivity contribution is 7.13. The van der Waals surface area contributed by atoms with Crippen LogP contribution in [0.2, 0.25) is 5.02 Å². The number of nitrogens with one attached hydrogen (secondary N) is 1. The molecule has 5 heteroatoms. The number of hydrogen-bond acceptors (Lipinski definition) is 3. The van der Waals surface area contributed by atoms with Gasteiger partial charge in [0.05, 0.1) is 12.1 Å². The first kappa shape index (κ1) is 15.7. The molecule has 0 unspecified atom stereocenters. The zero-order valence-electron chi connectivity index (χ0n) is 12.5. The molecule has 2 aromatic carbocycles. The van der Waals surface area contributed by atoms with Gasteiger partial charge in [0.1, 0.15) is 5.01 Å². The van der Waals surface area contributed by atoms with Crippen LogP contribution in [0.15, 0.2) is 53.9 Å². The molecule has 23 heavy (non-hydrogen) atoms. The van der Waals surface area contributed by atoms with Crippen LogP contribution in [0, 0.1) is 6.92 Å². The van der Waals surface area contributed by atoms with Crippen molar-refractivity contribution in [1.82, 2.24) is 4.98 Å². The summed E-state index contributed by atoms with van der Waals surface area (Å²) >= 11 is 7.38. The van der Waals surface area contributed by atoms with Gasteiger partial charge < -0.3 is 5.32 Å². The van der Waals surface area contributed by atoms with Crippen LogP contribution in [-0.4, -0.2) is 10.9 Å². The number of aryl methyl sites for hydroxylation is 1. The minimum Gasteiger partial charge on any atom is -0.326 e. The number of rotatable bonds is 4. The van der Waals surface area contributed by atoms with Crippen LogP contribution in [0.3, 0.4) is 0 Å². The van der Waals surface area contributed by atoms with Gasteiger partial charge in [-0.1, -0.05) is 35.4 Å². The van der Waals surface area contributed by atoms with Gasteiger partial charge in [0, 0.05) is 21.7 Å². The summed E-state index contributed by atoms with van der Waals surface area (Å²) in [4.78, 5) is 16.6. The van der Waals surface area contributed by atoms with Crippen molar-refractivity contribution in [2.45, 2.75) is 13.3 Å². The smallest absolute Gasteiger partial charge is 0.230 e. The molecule has 3 rings (SSSR count). The number of carbonyl (C=O) groups excluding carboxylic acids is 1. The third-order valence-corrected chi connectivity index (χ3v) is 4.48. The summed E-state index contributed by atoms with van der Waals surface area (Å²) < 4.78 is 0. The van der Waals surface area contributed by atoms with E-state index < -0.39 is 0 Å². The Hall–Kier alpha value is -2.17. The first-order chi connectivity index (χ1) is 11.1. The predicted octanol–water partition coefficient (Wildman–Crippen LogP) is 4.95. The number of anilines is 1. The lowest BCUT2D eigenvalue weighted by atomic mass is 10.1. The van der Waals surface area contributed by atoms with E-state index in [2.05, 4.69) is 29.4 Å². The number of hydrogen-bond donors (Lipinski definition) is 1. The lowest BCUT2D eigenvalue weighted by Crippen LogP contribution is -2.14. The molecule has 0 radical (unpaired) electrons. The molecule has 0 fully saturated rings. The number of carbonyl (C=O) groups is 1. The topological polar surface area (TPSA) is 42.0 Å². The molecule has 0 aliphatic heterocycles. The van der Waals surface area contributed by atoms with Crippen LogP contribution < -0.4 is 5.32 Å². The Morgan fingerprint density at radius 3 is 2.74 bits per heavy atom. The van der Waals surface area contributed by atoms with Crippen LogP contribution in [0.25, 0.3) is 10.6 Å². The number of amides is 1. The minimum atomic E-state index is -0.0894. The zero-order chi connectivity index (χ0) is 16.2. The van der Waals surface area contributed by atoms with E-state index in [-0.39, 0.29) is 12.3 Å². The lowest BCUT2D eigenvalue weighted by molar-refractivity contribution is -0.115. The highest BCUT2D eigenvalue weighted by Crippen LogP contribution is 2.24. The van der Waals surface area contributed by atoms with Gasteiger partial charge in [-0.3, -0.25) is 4.79 Å². The predicted molar refractivity (Wildman–Crippen MR) is 96.1 cm³/mol. The van der Waals surface area contributed by atoms with E-state index in [1.54, 1.807) is 35.6 Å². The molecule has 0 spiro atoms. The molecule has 1 amide bonds. The summed E-state index contributed by atoms with van der Waals surface area (Å²) in [6.07, 6.45) is 0.255. The normalized spacial score (nSPS) is 10.5. The van der Waals surface area contributed by atoms with Gasteiger partial charge in [-0.25, -0.2) is 4.98 Å². The third-order valence-electron chi connectivity index (χ3n) is 3.29. The second-order valence-electron chi connectivity index (χ2n) is 5.25. The van der Waals surface area contributed by atoms with Crippen LogP contribution >= 0.6 is 22.9 Å². The van der Waals surface area contributed by atoms with Gasteiger partial charge in [0.15, 0.2) is 0 Å². The number of aromatic nitrogens is 1. The molecule has 0 saturated heterocycles. The third kappa shape index (κ3) is 4.18. The number of thiazole rings is 1. The fourth-order valence-corrected chi connectivity index (χ4v) is 3.14. The van der Waals surface area contributed by atoms with Crippen molar-refractivity contribution in [2.24, 2.45) is 0 Å². The van der Waals surface area contributed by atoms with E-state index >= 15 is 0 Å². The minimum absolute atomic E-state index is 0.0894. The Kier molecular flexibility index (Phi) is 4.74. The summed E-state index contributed by atoms with van der Waals surface area (Å²) in [6.45, 7) is 2.05. The average molecular weight is 343 g/mol. The second-order valence-corrected chi connectivity index (χ2v) is 6.54. The summed E-state index contributed by atoms with van der Waals surface area (Å²) in [5.41, 5.74) is 3.78. The van der Waals surface area contributed by atoms with Gasteiger partial charge in [0.2, 0.25) is 5.91 Å². The Morgan fingerprint density at radius 1 is 1.22 bits per heavy atom. The van der Waals surface area contributed by atoms with Crippen LogP contribution in [0.5, 0.6) is 0 Å². The number of benzene rings is 2. The van der Waals surface area contributed by atoms with Crippen molar-refractivity contribution >= 4 is 34.5 Å². The van der Waals surface area contributed by atoms with Crippen LogP contribution in [0.4, 0.5) is 5.69 Å².